The van der Waals surface area contributed by atoms with Gasteiger partial charge in [0.1, 0.15) is 5.69 Å². The number of aliphatic hydroxyl groups excluding tert-OH is 1. The second-order valence-electron chi connectivity index (χ2n) is 4.07. The third kappa shape index (κ3) is 4.15. The molecule has 0 aromatic carbocycles. The van der Waals surface area contributed by atoms with Crippen molar-refractivity contribution in [3.63, 3.8) is 0 Å². The fourth-order valence-electron chi connectivity index (χ4n) is 1.78. The molecule has 1 heterocycles. The van der Waals surface area contributed by atoms with E-state index >= 15 is 0 Å². The average molecular weight is 236 g/mol. The van der Waals surface area contributed by atoms with Crippen molar-refractivity contribution in [2.75, 3.05) is 6.54 Å². The van der Waals surface area contributed by atoms with Crippen molar-refractivity contribution >= 4 is 5.91 Å². The molecular weight excluding hydrogens is 216 g/mol. The molecule has 0 saturated heterocycles. The second kappa shape index (κ2) is 7.01. The van der Waals surface area contributed by atoms with Gasteiger partial charge < -0.3 is 10.4 Å². The number of rotatable bonds is 6. The predicted molar refractivity (Wildman–Crippen MR) is 66.6 cm³/mol. The van der Waals surface area contributed by atoms with E-state index in [9.17, 15) is 9.90 Å². The Kier molecular flexibility index (Phi) is 5.63. The van der Waals surface area contributed by atoms with Gasteiger partial charge >= 0.3 is 0 Å². The number of carbonyl (C=O) groups is 1. The van der Waals surface area contributed by atoms with Crippen LogP contribution in [0, 0.1) is 5.92 Å². The number of hydrogen-bond donors (Lipinski definition) is 2. The Hall–Kier alpha value is -1.42. The number of aromatic nitrogens is 1. The molecule has 0 bridgehead atoms. The first-order valence-corrected chi connectivity index (χ1v) is 6.06. The molecule has 2 N–H and O–H groups in total. The Morgan fingerprint density at radius 3 is 2.65 bits per heavy atom. The van der Waals surface area contributed by atoms with E-state index in [4.69, 9.17) is 0 Å². The predicted octanol–water partition coefficient (Wildman–Crippen LogP) is 1.61. The Morgan fingerprint density at radius 1 is 1.41 bits per heavy atom. The number of aliphatic hydroxyl groups is 1. The quantitative estimate of drug-likeness (QED) is 0.788. The highest BCUT2D eigenvalue weighted by atomic mass is 16.3. The van der Waals surface area contributed by atoms with Crippen LogP contribution < -0.4 is 5.32 Å². The van der Waals surface area contributed by atoms with Crippen LogP contribution in [0.3, 0.4) is 0 Å². The normalized spacial score (nSPS) is 12.5. The van der Waals surface area contributed by atoms with Crippen molar-refractivity contribution in [2.24, 2.45) is 5.92 Å². The Bertz CT molecular complexity index is 337. The monoisotopic (exact) mass is 236 g/mol. The summed E-state index contributed by atoms with van der Waals surface area (Å²) >= 11 is 0. The molecule has 1 atom stereocenters. The molecule has 17 heavy (non-hydrogen) atoms. The molecule has 1 unspecified atom stereocenters. The van der Waals surface area contributed by atoms with Gasteiger partial charge in [-0.1, -0.05) is 32.8 Å². The fourth-order valence-corrected chi connectivity index (χ4v) is 1.78. The summed E-state index contributed by atoms with van der Waals surface area (Å²) < 4.78 is 0. The summed E-state index contributed by atoms with van der Waals surface area (Å²) in [5.74, 6) is -0.00496. The van der Waals surface area contributed by atoms with E-state index in [-0.39, 0.29) is 18.4 Å². The first-order valence-electron chi connectivity index (χ1n) is 6.06. The Morgan fingerprint density at radius 2 is 2.12 bits per heavy atom. The Balaban J connectivity index is 2.43. The fraction of sp³-hybridized carbons (Fsp3) is 0.538. The molecule has 4 nitrogen and oxygen atoms in total. The summed E-state index contributed by atoms with van der Waals surface area (Å²) in [4.78, 5) is 15.6. The van der Waals surface area contributed by atoms with Gasteiger partial charge in [-0.3, -0.25) is 9.78 Å². The van der Waals surface area contributed by atoms with Gasteiger partial charge in [-0.25, -0.2) is 0 Å². The maximum absolute atomic E-state index is 11.7. The van der Waals surface area contributed by atoms with E-state index in [0.29, 0.717) is 5.69 Å². The molecule has 4 heteroatoms. The summed E-state index contributed by atoms with van der Waals surface area (Å²) in [7, 11) is 0. The Labute approximate surface area is 102 Å². The molecule has 0 aliphatic carbocycles. The van der Waals surface area contributed by atoms with Crippen LogP contribution in [0.1, 0.15) is 37.2 Å². The van der Waals surface area contributed by atoms with Gasteiger partial charge in [0.05, 0.1) is 6.10 Å². The molecule has 0 aliphatic heterocycles. The first kappa shape index (κ1) is 13.6. The highest BCUT2D eigenvalue weighted by molar-refractivity contribution is 5.92. The molecular formula is C13H20N2O2. The van der Waals surface area contributed by atoms with E-state index in [0.717, 1.165) is 12.8 Å². The van der Waals surface area contributed by atoms with E-state index in [1.54, 1.807) is 24.4 Å². The topological polar surface area (TPSA) is 62.2 Å². The van der Waals surface area contributed by atoms with Crippen LogP contribution in [0.2, 0.25) is 0 Å². The molecule has 1 aromatic rings. The number of pyridine rings is 1. The zero-order valence-electron chi connectivity index (χ0n) is 10.4. The SMILES string of the molecule is CCC(CC)C(O)CNC(=O)c1ccccn1. The number of carbonyl (C=O) groups excluding carboxylic acids is 1. The van der Waals surface area contributed by atoms with Crippen molar-refractivity contribution in [3.05, 3.63) is 30.1 Å². The van der Waals surface area contributed by atoms with E-state index in [2.05, 4.69) is 10.3 Å². The lowest BCUT2D eigenvalue weighted by molar-refractivity contribution is 0.0813. The van der Waals surface area contributed by atoms with Crippen LogP contribution >= 0.6 is 0 Å². The third-order valence-electron chi connectivity index (χ3n) is 2.96. The van der Waals surface area contributed by atoms with E-state index < -0.39 is 6.10 Å². The minimum absolute atomic E-state index is 0.235. The molecule has 0 saturated carbocycles. The molecule has 0 fully saturated rings. The van der Waals surface area contributed by atoms with Gasteiger partial charge in [0.2, 0.25) is 0 Å². The van der Waals surface area contributed by atoms with Crippen molar-refractivity contribution in [1.82, 2.24) is 10.3 Å². The van der Waals surface area contributed by atoms with Crippen LogP contribution in [0.5, 0.6) is 0 Å². The van der Waals surface area contributed by atoms with Crippen molar-refractivity contribution in [3.8, 4) is 0 Å². The van der Waals surface area contributed by atoms with Gasteiger partial charge in [-0.05, 0) is 18.1 Å². The van der Waals surface area contributed by atoms with Crippen molar-refractivity contribution in [2.45, 2.75) is 32.8 Å². The van der Waals surface area contributed by atoms with Crippen LogP contribution in [-0.4, -0.2) is 28.6 Å². The second-order valence-corrected chi connectivity index (χ2v) is 4.07. The number of nitrogens with zero attached hydrogens (tertiary/aromatic N) is 1. The number of nitrogens with one attached hydrogen (secondary N) is 1. The lowest BCUT2D eigenvalue weighted by atomic mass is 9.96. The zero-order chi connectivity index (χ0) is 12.7. The van der Waals surface area contributed by atoms with Crippen molar-refractivity contribution in [1.29, 1.82) is 0 Å². The van der Waals surface area contributed by atoms with Crippen LogP contribution in [0.25, 0.3) is 0 Å². The zero-order valence-corrected chi connectivity index (χ0v) is 10.4. The van der Waals surface area contributed by atoms with Crippen LogP contribution in [0.15, 0.2) is 24.4 Å². The lowest BCUT2D eigenvalue weighted by Crippen LogP contribution is -2.36. The van der Waals surface area contributed by atoms with E-state index in [1.165, 1.54) is 0 Å². The van der Waals surface area contributed by atoms with Gasteiger partial charge in [-0.2, -0.15) is 0 Å². The largest absolute Gasteiger partial charge is 0.391 e. The maximum atomic E-state index is 11.7. The molecule has 0 aliphatic rings. The summed E-state index contributed by atoms with van der Waals surface area (Å²) in [6, 6.07) is 5.17. The summed E-state index contributed by atoms with van der Waals surface area (Å²) in [6.45, 7) is 4.36. The van der Waals surface area contributed by atoms with Gasteiger partial charge in [0, 0.05) is 12.7 Å². The van der Waals surface area contributed by atoms with Gasteiger partial charge in [0.25, 0.3) is 5.91 Å². The summed E-state index contributed by atoms with van der Waals surface area (Å²) in [5, 5.41) is 12.6. The highest BCUT2D eigenvalue weighted by Gasteiger charge is 2.16. The number of amides is 1. The highest BCUT2D eigenvalue weighted by Crippen LogP contribution is 2.12. The number of hydrogen-bond acceptors (Lipinski definition) is 3. The molecule has 1 aromatic heterocycles. The minimum atomic E-state index is -0.488. The molecule has 1 amide bonds. The lowest BCUT2D eigenvalue weighted by Gasteiger charge is -2.20. The minimum Gasteiger partial charge on any atom is -0.391 e. The molecule has 94 valence electrons. The smallest absolute Gasteiger partial charge is 0.269 e. The molecule has 0 radical (unpaired) electrons. The van der Waals surface area contributed by atoms with Crippen molar-refractivity contribution < 1.29 is 9.90 Å². The molecule has 1 rings (SSSR count). The van der Waals surface area contributed by atoms with Crippen LogP contribution in [0.4, 0.5) is 0 Å². The average Bonchev–Trinajstić information content (AvgIpc) is 2.38. The van der Waals surface area contributed by atoms with Crippen LogP contribution in [-0.2, 0) is 0 Å². The van der Waals surface area contributed by atoms with Gasteiger partial charge in [0.15, 0.2) is 0 Å². The maximum Gasteiger partial charge on any atom is 0.269 e. The summed E-state index contributed by atoms with van der Waals surface area (Å²) in [6.07, 6.45) is 2.91. The third-order valence-corrected chi connectivity index (χ3v) is 2.96. The van der Waals surface area contributed by atoms with Gasteiger partial charge in [-0.15, -0.1) is 0 Å². The standard InChI is InChI=1S/C13H20N2O2/c1-3-10(4-2)12(16)9-15-13(17)11-7-5-6-8-14-11/h5-8,10,12,16H,3-4,9H2,1-2H3,(H,15,17). The molecule has 0 spiro atoms. The first-order chi connectivity index (χ1) is 8.19. The summed E-state index contributed by atoms with van der Waals surface area (Å²) in [5.41, 5.74) is 0.379. The van der Waals surface area contributed by atoms with E-state index in [1.807, 2.05) is 13.8 Å².